The van der Waals surface area contributed by atoms with Gasteiger partial charge in [0.2, 0.25) is 0 Å². The highest BCUT2D eigenvalue weighted by Gasteiger charge is 2.13. The Morgan fingerprint density at radius 1 is 1.32 bits per heavy atom. The fourth-order valence-electron chi connectivity index (χ4n) is 2.14. The molecule has 19 heavy (non-hydrogen) atoms. The molecule has 0 radical (unpaired) electrons. The molecule has 1 saturated heterocycles. The summed E-state index contributed by atoms with van der Waals surface area (Å²) in [5, 5.41) is 3.20. The van der Waals surface area contributed by atoms with E-state index in [-0.39, 0.29) is 5.82 Å². The summed E-state index contributed by atoms with van der Waals surface area (Å²) in [4.78, 5) is 4.73. The van der Waals surface area contributed by atoms with Gasteiger partial charge < -0.3 is 16.0 Å². The minimum atomic E-state index is -0.295. The number of benzene rings is 1. The molecule has 0 bridgehead atoms. The maximum Gasteiger partial charge on any atom is 0.139 e. The van der Waals surface area contributed by atoms with Crippen LogP contribution in [0, 0.1) is 5.82 Å². The highest BCUT2D eigenvalue weighted by Crippen LogP contribution is 2.26. The van der Waals surface area contributed by atoms with Crippen molar-refractivity contribution in [1.82, 2.24) is 9.80 Å². The molecule has 0 amide bonds. The number of hydrogen-bond acceptors (Lipinski definition) is 4. The first kappa shape index (κ1) is 14.6. The highest BCUT2D eigenvalue weighted by atomic mass is 79.9. The number of nitrogen functional groups attached to an aromatic ring is 1. The second kappa shape index (κ2) is 6.54. The molecule has 0 atom stereocenters. The van der Waals surface area contributed by atoms with Gasteiger partial charge in [-0.15, -0.1) is 0 Å². The maximum atomic E-state index is 13.4. The Labute approximate surface area is 121 Å². The van der Waals surface area contributed by atoms with Crippen LogP contribution in [-0.4, -0.2) is 56.1 Å². The predicted octanol–water partition coefficient (Wildman–Crippen LogP) is 1.83. The Balaban J connectivity index is 1.81. The quantitative estimate of drug-likeness (QED) is 0.827. The third-order valence-corrected chi connectivity index (χ3v) is 4.04. The minimum Gasteiger partial charge on any atom is -0.397 e. The first-order valence-corrected chi connectivity index (χ1v) is 7.25. The van der Waals surface area contributed by atoms with Gasteiger partial charge >= 0.3 is 0 Å². The van der Waals surface area contributed by atoms with Crippen molar-refractivity contribution in [2.45, 2.75) is 0 Å². The monoisotopic (exact) mass is 330 g/mol. The highest BCUT2D eigenvalue weighted by molar-refractivity contribution is 9.10. The van der Waals surface area contributed by atoms with Crippen molar-refractivity contribution in [3.63, 3.8) is 0 Å². The van der Waals surface area contributed by atoms with E-state index in [4.69, 9.17) is 5.73 Å². The lowest BCUT2D eigenvalue weighted by atomic mass is 10.2. The van der Waals surface area contributed by atoms with Gasteiger partial charge in [-0.3, -0.25) is 4.90 Å². The number of likely N-dealkylation sites (N-methyl/N-ethyl adjacent to an activating group) is 1. The molecule has 1 aromatic rings. The molecule has 0 aliphatic carbocycles. The second-order valence-corrected chi connectivity index (χ2v) is 5.78. The van der Waals surface area contributed by atoms with Crippen molar-refractivity contribution in [3.05, 3.63) is 22.4 Å². The third-order valence-electron chi connectivity index (χ3n) is 3.43. The lowest BCUT2D eigenvalue weighted by Crippen LogP contribution is -2.45. The average molecular weight is 331 g/mol. The third kappa shape index (κ3) is 4.06. The van der Waals surface area contributed by atoms with Gasteiger partial charge in [-0.25, -0.2) is 4.39 Å². The minimum absolute atomic E-state index is 0.295. The first-order chi connectivity index (χ1) is 9.06. The van der Waals surface area contributed by atoms with Gasteiger partial charge in [-0.2, -0.15) is 0 Å². The van der Waals surface area contributed by atoms with E-state index in [1.807, 2.05) is 0 Å². The Bertz CT molecular complexity index is 433. The second-order valence-electron chi connectivity index (χ2n) is 4.93. The molecule has 3 N–H and O–H groups in total. The van der Waals surface area contributed by atoms with E-state index < -0.39 is 0 Å². The fourth-order valence-corrected chi connectivity index (χ4v) is 2.50. The molecule has 6 heteroatoms. The van der Waals surface area contributed by atoms with E-state index >= 15 is 0 Å². The summed E-state index contributed by atoms with van der Waals surface area (Å²) in [5.74, 6) is -0.295. The number of anilines is 2. The van der Waals surface area contributed by atoms with Crippen LogP contribution >= 0.6 is 15.9 Å². The van der Waals surface area contributed by atoms with Gasteiger partial charge in [-0.05, 0) is 29.0 Å². The number of halogens is 2. The van der Waals surface area contributed by atoms with Crippen LogP contribution in [0.25, 0.3) is 0 Å². The van der Waals surface area contributed by atoms with Gasteiger partial charge in [-0.1, -0.05) is 0 Å². The van der Waals surface area contributed by atoms with Gasteiger partial charge in [0, 0.05) is 45.3 Å². The summed E-state index contributed by atoms with van der Waals surface area (Å²) in [6.07, 6.45) is 0. The smallest absolute Gasteiger partial charge is 0.139 e. The summed E-state index contributed by atoms with van der Waals surface area (Å²) < 4.78 is 13.8. The Morgan fingerprint density at radius 3 is 2.68 bits per heavy atom. The molecule has 1 aromatic carbocycles. The van der Waals surface area contributed by atoms with E-state index in [0.717, 1.165) is 39.3 Å². The number of nitrogens with zero attached hydrogens (tertiary/aromatic N) is 2. The zero-order valence-corrected chi connectivity index (χ0v) is 12.7. The molecule has 4 nitrogen and oxygen atoms in total. The molecule has 106 valence electrons. The van der Waals surface area contributed by atoms with E-state index in [1.54, 1.807) is 6.07 Å². The van der Waals surface area contributed by atoms with E-state index in [1.165, 1.54) is 6.07 Å². The number of nitrogens with two attached hydrogens (primary N) is 1. The molecule has 1 heterocycles. The van der Waals surface area contributed by atoms with Crippen LogP contribution in [0.5, 0.6) is 0 Å². The van der Waals surface area contributed by atoms with Crippen molar-refractivity contribution in [2.75, 3.05) is 57.4 Å². The molecule has 0 spiro atoms. The Hall–Kier alpha value is -0.850. The van der Waals surface area contributed by atoms with Gasteiger partial charge in [0.25, 0.3) is 0 Å². The van der Waals surface area contributed by atoms with E-state index in [9.17, 15) is 4.39 Å². The molecular weight excluding hydrogens is 311 g/mol. The largest absolute Gasteiger partial charge is 0.397 e. The Kier molecular flexibility index (Phi) is 5.01. The van der Waals surface area contributed by atoms with Gasteiger partial charge in [0.1, 0.15) is 5.82 Å². The van der Waals surface area contributed by atoms with Crippen molar-refractivity contribution in [3.8, 4) is 0 Å². The summed E-state index contributed by atoms with van der Waals surface area (Å²) in [5.41, 5.74) is 7.07. The maximum absolute atomic E-state index is 13.4. The van der Waals surface area contributed by atoms with Crippen LogP contribution < -0.4 is 11.1 Å². The molecule has 0 unspecified atom stereocenters. The molecule has 0 aromatic heterocycles. The Morgan fingerprint density at radius 2 is 2.00 bits per heavy atom. The van der Waals surface area contributed by atoms with Crippen LogP contribution in [0.3, 0.4) is 0 Å². The molecular formula is C13H20BrFN4. The number of hydrogen-bond donors (Lipinski definition) is 2. The first-order valence-electron chi connectivity index (χ1n) is 6.45. The number of piperazine rings is 1. The predicted molar refractivity (Wildman–Crippen MR) is 80.9 cm³/mol. The number of nitrogens with one attached hydrogen (secondary N) is 1. The molecule has 2 rings (SSSR count). The topological polar surface area (TPSA) is 44.5 Å². The summed E-state index contributed by atoms with van der Waals surface area (Å²) in [6.45, 7) is 6.11. The fraction of sp³-hybridized carbons (Fsp3) is 0.538. The zero-order valence-electron chi connectivity index (χ0n) is 11.1. The summed E-state index contributed by atoms with van der Waals surface area (Å²) in [7, 11) is 2.14. The van der Waals surface area contributed by atoms with E-state index in [0.29, 0.717) is 15.8 Å². The van der Waals surface area contributed by atoms with E-state index in [2.05, 4.69) is 38.1 Å². The molecule has 1 aliphatic rings. The molecule has 0 saturated carbocycles. The van der Waals surface area contributed by atoms with Crippen molar-refractivity contribution < 1.29 is 4.39 Å². The SMILES string of the molecule is CN1CCN(CCNc2cc(F)c(Br)cc2N)CC1. The average Bonchev–Trinajstić information content (AvgIpc) is 2.38. The lowest BCUT2D eigenvalue weighted by Gasteiger charge is -2.32. The van der Waals surface area contributed by atoms with Crippen molar-refractivity contribution in [1.29, 1.82) is 0 Å². The van der Waals surface area contributed by atoms with Crippen LogP contribution in [-0.2, 0) is 0 Å². The lowest BCUT2D eigenvalue weighted by molar-refractivity contribution is 0.158. The van der Waals surface area contributed by atoms with Crippen molar-refractivity contribution in [2.24, 2.45) is 0 Å². The van der Waals surface area contributed by atoms with Gasteiger partial charge in [0.15, 0.2) is 0 Å². The van der Waals surface area contributed by atoms with Crippen LogP contribution in [0.4, 0.5) is 15.8 Å². The standard InChI is InChI=1S/C13H20BrFN4/c1-18-4-6-19(7-5-18)3-2-17-13-9-11(15)10(14)8-12(13)16/h8-9,17H,2-7,16H2,1H3. The van der Waals surface area contributed by atoms with Crippen LogP contribution in [0.15, 0.2) is 16.6 Å². The van der Waals surface area contributed by atoms with Crippen molar-refractivity contribution >= 4 is 27.3 Å². The normalized spacial score (nSPS) is 17.6. The van der Waals surface area contributed by atoms with Crippen LogP contribution in [0.1, 0.15) is 0 Å². The van der Waals surface area contributed by atoms with Crippen LogP contribution in [0.2, 0.25) is 0 Å². The molecule has 1 aliphatic heterocycles. The summed E-state index contributed by atoms with van der Waals surface area (Å²) in [6, 6.07) is 3.02. The zero-order chi connectivity index (χ0) is 13.8. The summed E-state index contributed by atoms with van der Waals surface area (Å²) >= 11 is 3.12. The van der Waals surface area contributed by atoms with Gasteiger partial charge in [0.05, 0.1) is 15.8 Å². The number of rotatable bonds is 4. The molecule has 1 fully saturated rings.